The van der Waals surface area contributed by atoms with Crippen molar-refractivity contribution in [3.8, 4) is 0 Å². The fourth-order valence-electron chi connectivity index (χ4n) is 1.91. The van der Waals surface area contributed by atoms with Gasteiger partial charge < -0.3 is 5.11 Å². The Morgan fingerprint density at radius 3 is 2.21 bits per heavy atom. The van der Waals surface area contributed by atoms with Gasteiger partial charge in [-0.05, 0) is 41.8 Å². The molecule has 2 aromatic rings. The summed E-state index contributed by atoms with van der Waals surface area (Å²) in [6.45, 7) is 1.90. The molecule has 0 fully saturated rings. The first-order chi connectivity index (χ1) is 8.99. The van der Waals surface area contributed by atoms with E-state index in [9.17, 15) is 5.11 Å². The smallest absolute Gasteiger partial charge is 0.0831 e. The van der Waals surface area contributed by atoms with E-state index in [-0.39, 0.29) is 0 Å². The van der Waals surface area contributed by atoms with Gasteiger partial charge in [-0.2, -0.15) is 0 Å². The Bertz CT molecular complexity index is 576. The third-order valence-corrected chi connectivity index (χ3v) is 4.16. The molecule has 0 radical (unpaired) electrons. The third kappa shape index (κ3) is 3.43. The normalized spacial score (nSPS) is 12.5. The van der Waals surface area contributed by atoms with Crippen molar-refractivity contribution in [2.45, 2.75) is 19.4 Å². The zero-order valence-corrected chi connectivity index (χ0v) is 12.6. The van der Waals surface area contributed by atoms with E-state index in [2.05, 4.69) is 0 Å². The largest absolute Gasteiger partial charge is 0.388 e. The second-order valence-electron chi connectivity index (χ2n) is 4.43. The summed E-state index contributed by atoms with van der Waals surface area (Å²) in [5.74, 6) is 0. The number of hydrogen-bond donors (Lipinski definition) is 1. The van der Waals surface area contributed by atoms with Crippen LogP contribution in [0.4, 0.5) is 0 Å². The Hall–Kier alpha value is -0.730. The van der Waals surface area contributed by atoms with E-state index in [1.807, 2.05) is 19.1 Å². The summed E-state index contributed by atoms with van der Waals surface area (Å²) in [6, 6.07) is 10.8. The molecule has 2 aromatic carbocycles. The van der Waals surface area contributed by atoms with Gasteiger partial charge in [-0.1, -0.05) is 53.0 Å². The lowest BCUT2D eigenvalue weighted by atomic mass is 10.00. The molecule has 1 atom stereocenters. The molecule has 1 nitrogen and oxygen atoms in total. The van der Waals surface area contributed by atoms with Crippen LogP contribution in [0.2, 0.25) is 15.1 Å². The number of aliphatic hydroxyl groups is 1. The fraction of sp³-hybridized carbons (Fsp3) is 0.200. The minimum absolute atomic E-state index is 0.375. The molecule has 0 heterocycles. The fourth-order valence-corrected chi connectivity index (χ4v) is 2.58. The standard InChI is InChI=1S/C15H13Cl3O/c1-9-7-10(5-6-12(9)16)15(19)8-11-13(17)3-2-4-14(11)18/h2-7,15,19H,8H2,1H3. The van der Waals surface area contributed by atoms with Crippen LogP contribution in [0.3, 0.4) is 0 Å². The lowest BCUT2D eigenvalue weighted by Crippen LogP contribution is -2.03. The zero-order chi connectivity index (χ0) is 14.0. The summed E-state index contributed by atoms with van der Waals surface area (Å²) in [5.41, 5.74) is 2.49. The monoisotopic (exact) mass is 314 g/mol. The maximum Gasteiger partial charge on any atom is 0.0831 e. The van der Waals surface area contributed by atoms with Crippen LogP contribution in [0.15, 0.2) is 36.4 Å². The van der Waals surface area contributed by atoms with E-state index >= 15 is 0 Å². The average molecular weight is 316 g/mol. The van der Waals surface area contributed by atoms with Crippen LogP contribution in [0.1, 0.15) is 22.8 Å². The quantitative estimate of drug-likeness (QED) is 0.822. The van der Waals surface area contributed by atoms with Gasteiger partial charge in [0.05, 0.1) is 6.10 Å². The van der Waals surface area contributed by atoms with Gasteiger partial charge in [0, 0.05) is 21.5 Å². The maximum absolute atomic E-state index is 10.3. The second-order valence-corrected chi connectivity index (χ2v) is 5.65. The SMILES string of the molecule is Cc1cc(C(O)Cc2c(Cl)cccc2Cl)ccc1Cl. The number of aliphatic hydroxyl groups excluding tert-OH is 1. The van der Waals surface area contributed by atoms with Crippen LogP contribution in [0.5, 0.6) is 0 Å². The summed E-state index contributed by atoms with van der Waals surface area (Å²) in [7, 11) is 0. The predicted octanol–water partition coefficient (Wildman–Crippen LogP) is 5.23. The number of rotatable bonds is 3. The van der Waals surface area contributed by atoms with Gasteiger partial charge in [-0.25, -0.2) is 0 Å². The van der Waals surface area contributed by atoms with Crippen molar-refractivity contribution >= 4 is 34.8 Å². The van der Waals surface area contributed by atoms with Crippen molar-refractivity contribution in [1.29, 1.82) is 0 Å². The number of hydrogen-bond acceptors (Lipinski definition) is 1. The first kappa shape index (κ1) is 14.7. The molecule has 0 aliphatic carbocycles. The Balaban J connectivity index is 2.25. The Labute approximate surface area is 127 Å². The lowest BCUT2D eigenvalue weighted by Gasteiger charge is -2.14. The topological polar surface area (TPSA) is 20.2 Å². The molecule has 1 unspecified atom stereocenters. The Kier molecular flexibility index (Phi) is 4.75. The van der Waals surface area contributed by atoms with E-state index in [1.54, 1.807) is 24.3 Å². The summed E-state index contributed by atoms with van der Waals surface area (Å²) >= 11 is 18.2. The van der Waals surface area contributed by atoms with Gasteiger partial charge >= 0.3 is 0 Å². The summed E-state index contributed by atoms with van der Waals surface area (Å²) in [6.07, 6.45) is -0.284. The van der Waals surface area contributed by atoms with E-state index in [1.165, 1.54) is 0 Å². The molecule has 0 amide bonds. The number of benzene rings is 2. The molecule has 0 aromatic heterocycles. The van der Waals surface area contributed by atoms with Gasteiger partial charge in [-0.15, -0.1) is 0 Å². The second kappa shape index (κ2) is 6.15. The molecule has 0 spiro atoms. The molecule has 0 saturated heterocycles. The molecule has 2 rings (SSSR count). The van der Waals surface area contributed by atoms with Crippen LogP contribution >= 0.6 is 34.8 Å². The van der Waals surface area contributed by atoms with Crippen molar-refractivity contribution < 1.29 is 5.11 Å². The predicted molar refractivity (Wildman–Crippen MR) is 81.3 cm³/mol. The molecule has 1 N–H and O–H groups in total. The van der Waals surface area contributed by atoms with E-state index in [4.69, 9.17) is 34.8 Å². The first-order valence-electron chi connectivity index (χ1n) is 5.86. The molecule has 100 valence electrons. The zero-order valence-electron chi connectivity index (χ0n) is 10.3. The molecule has 4 heteroatoms. The van der Waals surface area contributed by atoms with Crippen LogP contribution in [-0.2, 0) is 6.42 Å². The highest BCUT2D eigenvalue weighted by molar-refractivity contribution is 6.36. The van der Waals surface area contributed by atoms with Crippen LogP contribution in [-0.4, -0.2) is 5.11 Å². The molecule has 0 aliphatic heterocycles. The minimum atomic E-state index is -0.659. The molecule has 19 heavy (non-hydrogen) atoms. The van der Waals surface area contributed by atoms with Crippen molar-refractivity contribution in [1.82, 2.24) is 0 Å². The average Bonchev–Trinajstić information content (AvgIpc) is 2.37. The maximum atomic E-state index is 10.3. The van der Waals surface area contributed by atoms with Crippen molar-refractivity contribution in [3.63, 3.8) is 0 Å². The van der Waals surface area contributed by atoms with Gasteiger partial charge in [0.25, 0.3) is 0 Å². The summed E-state index contributed by atoms with van der Waals surface area (Å²) in [4.78, 5) is 0. The molecule has 0 saturated carbocycles. The van der Waals surface area contributed by atoms with Crippen molar-refractivity contribution in [2.75, 3.05) is 0 Å². The minimum Gasteiger partial charge on any atom is -0.388 e. The summed E-state index contributed by atoms with van der Waals surface area (Å²) in [5, 5.41) is 12.1. The van der Waals surface area contributed by atoms with Gasteiger partial charge in [0.15, 0.2) is 0 Å². The Morgan fingerprint density at radius 1 is 1.00 bits per heavy atom. The van der Waals surface area contributed by atoms with Gasteiger partial charge in [0.1, 0.15) is 0 Å². The van der Waals surface area contributed by atoms with Crippen molar-refractivity contribution in [3.05, 3.63) is 68.2 Å². The summed E-state index contributed by atoms with van der Waals surface area (Å²) < 4.78 is 0. The highest BCUT2D eigenvalue weighted by Crippen LogP contribution is 2.30. The highest BCUT2D eigenvalue weighted by Gasteiger charge is 2.14. The molecular weight excluding hydrogens is 303 g/mol. The number of halogens is 3. The van der Waals surface area contributed by atoms with Crippen molar-refractivity contribution in [2.24, 2.45) is 0 Å². The highest BCUT2D eigenvalue weighted by atomic mass is 35.5. The van der Waals surface area contributed by atoms with E-state index in [0.29, 0.717) is 21.5 Å². The van der Waals surface area contributed by atoms with Crippen LogP contribution in [0.25, 0.3) is 0 Å². The molecule has 0 aliphatic rings. The Morgan fingerprint density at radius 2 is 1.63 bits per heavy atom. The van der Waals surface area contributed by atoms with Crippen LogP contribution < -0.4 is 0 Å². The van der Waals surface area contributed by atoms with Gasteiger partial charge in [-0.3, -0.25) is 0 Å². The third-order valence-electron chi connectivity index (χ3n) is 3.03. The van der Waals surface area contributed by atoms with E-state index < -0.39 is 6.10 Å². The molecule has 0 bridgehead atoms. The number of aryl methyl sites for hydroxylation is 1. The molecular formula is C15H13Cl3O. The first-order valence-corrected chi connectivity index (χ1v) is 6.99. The van der Waals surface area contributed by atoms with E-state index in [0.717, 1.165) is 16.7 Å². The van der Waals surface area contributed by atoms with Gasteiger partial charge in [0.2, 0.25) is 0 Å². The lowest BCUT2D eigenvalue weighted by molar-refractivity contribution is 0.178. The van der Waals surface area contributed by atoms with Crippen LogP contribution in [0, 0.1) is 6.92 Å².